The van der Waals surface area contributed by atoms with Crippen molar-refractivity contribution in [1.82, 2.24) is 15.2 Å². The third-order valence-corrected chi connectivity index (χ3v) is 3.77. The molecule has 26 heavy (non-hydrogen) atoms. The lowest BCUT2D eigenvalue weighted by atomic mass is 10.2. The number of carbonyl (C=O) groups is 3. The molecule has 1 atom stereocenters. The van der Waals surface area contributed by atoms with Gasteiger partial charge >= 0.3 is 12.1 Å². The summed E-state index contributed by atoms with van der Waals surface area (Å²) in [5.41, 5.74) is 0.317. The molecule has 0 radical (unpaired) electrons. The highest BCUT2D eigenvalue weighted by Crippen LogP contribution is 2.16. The Kier molecular flexibility index (Phi) is 6.18. The number of esters is 1. The van der Waals surface area contributed by atoms with Crippen LogP contribution in [0.15, 0.2) is 18.3 Å². The van der Waals surface area contributed by atoms with Gasteiger partial charge in [0.15, 0.2) is 0 Å². The smallest absolute Gasteiger partial charge is 0.410 e. The van der Waals surface area contributed by atoms with Gasteiger partial charge in [0, 0.05) is 25.2 Å². The summed E-state index contributed by atoms with van der Waals surface area (Å²) in [4.78, 5) is 41.0. The highest BCUT2D eigenvalue weighted by molar-refractivity contribution is 5.87. The van der Waals surface area contributed by atoms with E-state index in [4.69, 9.17) is 4.74 Å². The Morgan fingerprint density at radius 1 is 1.35 bits per heavy atom. The predicted molar refractivity (Wildman–Crippen MR) is 93.4 cm³/mol. The predicted octanol–water partition coefficient (Wildman–Crippen LogP) is 1.88. The van der Waals surface area contributed by atoms with Crippen LogP contribution in [0.1, 0.15) is 49.7 Å². The minimum absolute atomic E-state index is 0.0109. The van der Waals surface area contributed by atoms with Crippen LogP contribution in [0.4, 0.5) is 4.79 Å². The van der Waals surface area contributed by atoms with E-state index in [1.165, 1.54) is 18.2 Å². The van der Waals surface area contributed by atoms with E-state index in [1.807, 2.05) is 0 Å². The van der Waals surface area contributed by atoms with Crippen molar-refractivity contribution in [3.8, 4) is 0 Å². The van der Waals surface area contributed by atoms with Crippen LogP contribution in [0, 0.1) is 0 Å². The van der Waals surface area contributed by atoms with Crippen molar-refractivity contribution in [1.29, 1.82) is 0 Å². The van der Waals surface area contributed by atoms with Gasteiger partial charge < -0.3 is 19.7 Å². The van der Waals surface area contributed by atoms with Crippen LogP contribution in [0.3, 0.4) is 0 Å². The maximum absolute atomic E-state index is 12.6. The van der Waals surface area contributed by atoms with Gasteiger partial charge in [-0.3, -0.25) is 4.79 Å². The van der Waals surface area contributed by atoms with Gasteiger partial charge in [-0.05, 0) is 38.8 Å². The summed E-state index contributed by atoms with van der Waals surface area (Å²) in [5, 5.41) is 2.85. The SMILES string of the molecule is COC(=O)c1ccc(CN(C[C@@H]2CCC(=O)N2)C(=O)OC(C)(C)C)cn1. The lowest BCUT2D eigenvalue weighted by Crippen LogP contribution is -2.43. The Morgan fingerprint density at radius 2 is 2.08 bits per heavy atom. The highest BCUT2D eigenvalue weighted by Gasteiger charge is 2.28. The number of nitrogens with one attached hydrogen (secondary N) is 1. The molecule has 2 rings (SSSR count). The van der Waals surface area contributed by atoms with Crippen molar-refractivity contribution in [3.05, 3.63) is 29.6 Å². The fourth-order valence-corrected chi connectivity index (χ4v) is 2.57. The molecule has 1 aliphatic rings. The number of ether oxygens (including phenoxy) is 2. The van der Waals surface area contributed by atoms with Gasteiger partial charge in [-0.25, -0.2) is 14.6 Å². The first kappa shape index (κ1) is 19.7. The van der Waals surface area contributed by atoms with Crippen molar-refractivity contribution in [2.24, 2.45) is 0 Å². The second-order valence-electron chi connectivity index (χ2n) is 7.21. The summed E-state index contributed by atoms with van der Waals surface area (Å²) in [6, 6.07) is 3.16. The number of methoxy groups -OCH3 is 1. The zero-order chi connectivity index (χ0) is 19.3. The standard InChI is InChI=1S/C18H25N3O5/c1-18(2,3)26-17(24)21(11-13-6-8-15(22)20-13)10-12-5-7-14(19-9-12)16(23)25-4/h5,7,9,13H,6,8,10-11H2,1-4H3,(H,20,22)/t13-/m0/s1. The van der Waals surface area contributed by atoms with Crippen molar-refractivity contribution < 1.29 is 23.9 Å². The molecule has 1 N–H and O–H groups in total. The van der Waals surface area contributed by atoms with E-state index in [1.54, 1.807) is 32.9 Å². The van der Waals surface area contributed by atoms with E-state index < -0.39 is 17.7 Å². The fourth-order valence-electron chi connectivity index (χ4n) is 2.57. The second-order valence-corrected chi connectivity index (χ2v) is 7.21. The highest BCUT2D eigenvalue weighted by atomic mass is 16.6. The topological polar surface area (TPSA) is 97.8 Å². The van der Waals surface area contributed by atoms with Crippen molar-refractivity contribution in [2.45, 2.75) is 51.8 Å². The molecule has 0 spiro atoms. The monoisotopic (exact) mass is 363 g/mol. The number of hydrogen-bond acceptors (Lipinski definition) is 6. The number of rotatable bonds is 5. The zero-order valence-corrected chi connectivity index (χ0v) is 15.6. The summed E-state index contributed by atoms with van der Waals surface area (Å²) in [7, 11) is 1.29. The Labute approximate surface area is 152 Å². The Bertz CT molecular complexity index is 666. The minimum Gasteiger partial charge on any atom is -0.464 e. The quantitative estimate of drug-likeness (QED) is 0.802. The molecule has 8 nitrogen and oxygen atoms in total. The fraction of sp³-hybridized carbons (Fsp3) is 0.556. The van der Waals surface area contributed by atoms with E-state index in [9.17, 15) is 14.4 Å². The number of nitrogens with zero attached hydrogens (tertiary/aromatic N) is 2. The summed E-state index contributed by atoms with van der Waals surface area (Å²) in [6.07, 6.45) is 2.20. The van der Waals surface area contributed by atoms with Gasteiger partial charge in [-0.1, -0.05) is 6.07 Å². The first-order chi connectivity index (χ1) is 12.2. The third kappa shape index (κ3) is 5.72. The maximum Gasteiger partial charge on any atom is 0.410 e. The van der Waals surface area contributed by atoms with Gasteiger partial charge in [-0.2, -0.15) is 0 Å². The number of carbonyl (C=O) groups excluding carboxylic acids is 3. The average molecular weight is 363 g/mol. The van der Waals surface area contributed by atoms with Crippen LogP contribution in [0.2, 0.25) is 0 Å². The number of pyridine rings is 1. The van der Waals surface area contributed by atoms with Crippen LogP contribution in [-0.4, -0.2) is 53.2 Å². The molecule has 1 aromatic heterocycles. The number of aromatic nitrogens is 1. The molecule has 8 heteroatoms. The molecule has 1 aromatic rings. The maximum atomic E-state index is 12.6. The second kappa shape index (κ2) is 8.16. The van der Waals surface area contributed by atoms with E-state index in [0.29, 0.717) is 19.4 Å². The van der Waals surface area contributed by atoms with Gasteiger partial charge in [0.2, 0.25) is 5.91 Å². The third-order valence-electron chi connectivity index (χ3n) is 3.77. The largest absolute Gasteiger partial charge is 0.464 e. The molecular weight excluding hydrogens is 338 g/mol. The Morgan fingerprint density at radius 3 is 2.58 bits per heavy atom. The number of amides is 2. The first-order valence-electron chi connectivity index (χ1n) is 8.48. The van der Waals surface area contributed by atoms with Crippen LogP contribution in [-0.2, 0) is 20.8 Å². The van der Waals surface area contributed by atoms with E-state index in [-0.39, 0.29) is 24.2 Å². The minimum atomic E-state index is -0.624. The van der Waals surface area contributed by atoms with Crippen molar-refractivity contribution >= 4 is 18.0 Å². The van der Waals surface area contributed by atoms with Gasteiger partial charge in [0.25, 0.3) is 0 Å². The summed E-state index contributed by atoms with van der Waals surface area (Å²) in [6.45, 7) is 6.00. The lowest BCUT2D eigenvalue weighted by Gasteiger charge is -2.29. The van der Waals surface area contributed by atoms with Crippen molar-refractivity contribution in [2.75, 3.05) is 13.7 Å². The molecular formula is C18H25N3O5. The molecule has 0 saturated carbocycles. The van der Waals surface area contributed by atoms with Crippen molar-refractivity contribution in [3.63, 3.8) is 0 Å². The molecule has 1 fully saturated rings. The molecule has 0 aliphatic carbocycles. The first-order valence-corrected chi connectivity index (χ1v) is 8.48. The van der Waals surface area contributed by atoms with E-state index >= 15 is 0 Å². The van der Waals surface area contributed by atoms with E-state index in [2.05, 4.69) is 15.0 Å². The van der Waals surface area contributed by atoms with Crippen LogP contribution < -0.4 is 5.32 Å². The van der Waals surface area contributed by atoms with Crippen LogP contribution in [0.25, 0.3) is 0 Å². The molecule has 1 saturated heterocycles. The summed E-state index contributed by atoms with van der Waals surface area (Å²) >= 11 is 0. The molecule has 2 heterocycles. The average Bonchev–Trinajstić information content (AvgIpc) is 2.97. The van der Waals surface area contributed by atoms with E-state index in [0.717, 1.165) is 5.56 Å². The molecule has 2 amide bonds. The molecule has 1 aliphatic heterocycles. The number of hydrogen-bond donors (Lipinski definition) is 1. The molecule has 0 aromatic carbocycles. The molecule has 142 valence electrons. The Balaban J connectivity index is 2.10. The van der Waals surface area contributed by atoms with Gasteiger partial charge in [0.1, 0.15) is 11.3 Å². The molecule has 0 unspecified atom stereocenters. The van der Waals surface area contributed by atoms with Gasteiger partial charge in [0.05, 0.1) is 13.7 Å². The Hall–Kier alpha value is -2.64. The lowest BCUT2D eigenvalue weighted by molar-refractivity contribution is -0.119. The normalized spacial score (nSPS) is 16.8. The van der Waals surface area contributed by atoms with Gasteiger partial charge in [-0.15, -0.1) is 0 Å². The summed E-state index contributed by atoms with van der Waals surface area (Å²) in [5.74, 6) is -0.530. The van der Waals surface area contributed by atoms with Crippen LogP contribution in [0.5, 0.6) is 0 Å². The van der Waals surface area contributed by atoms with Crippen LogP contribution >= 0.6 is 0 Å². The zero-order valence-electron chi connectivity index (χ0n) is 15.6. The summed E-state index contributed by atoms with van der Waals surface area (Å²) < 4.78 is 10.1. The molecule has 0 bridgehead atoms.